The molecule has 1 heterocycles. The van der Waals surface area contributed by atoms with Gasteiger partial charge in [-0.15, -0.1) is 0 Å². The van der Waals surface area contributed by atoms with E-state index in [9.17, 15) is 8.42 Å². The first-order valence-corrected chi connectivity index (χ1v) is 8.35. The highest BCUT2D eigenvalue weighted by Crippen LogP contribution is 2.25. The van der Waals surface area contributed by atoms with E-state index in [-0.39, 0.29) is 12.1 Å². The molecule has 1 fully saturated rings. The van der Waals surface area contributed by atoms with E-state index >= 15 is 0 Å². The van der Waals surface area contributed by atoms with Crippen LogP contribution in [0, 0.1) is 0 Å². The second-order valence-electron chi connectivity index (χ2n) is 5.05. The summed E-state index contributed by atoms with van der Waals surface area (Å²) in [6.07, 6.45) is -0.286. The summed E-state index contributed by atoms with van der Waals surface area (Å²) in [4.78, 5) is 0. The Bertz CT molecular complexity index is 562. The molecule has 1 aliphatic rings. The lowest BCUT2D eigenvalue weighted by Gasteiger charge is -2.32. The SMILES string of the molecule is CC(C)NS(=O)(=O)N1CCOC(c2cccc(Cl)c2)C1. The molecule has 5 nitrogen and oxygen atoms in total. The van der Waals surface area contributed by atoms with Crippen molar-refractivity contribution in [1.82, 2.24) is 9.03 Å². The van der Waals surface area contributed by atoms with E-state index in [1.165, 1.54) is 4.31 Å². The summed E-state index contributed by atoms with van der Waals surface area (Å²) < 4.78 is 34.0. The van der Waals surface area contributed by atoms with Crippen LogP contribution in [0.2, 0.25) is 5.02 Å². The van der Waals surface area contributed by atoms with E-state index in [2.05, 4.69) is 4.72 Å². The number of morpholine rings is 1. The zero-order chi connectivity index (χ0) is 14.8. The standard InChI is InChI=1S/C13H19ClN2O3S/c1-10(2)15-20(17,18)16-6-7-19-13(9-16)11-4-3-5-12(14)8-11/h3-5,8,10,13,15H,6-7,9H2,1-2H3. The van der Waals surface area contributed by atoms with Crippen LogP contribution >= 0.6 is 11.6 Å². The quantitative estimate of drug-likeness (QED) is 0.923. The van der Waals surface area contributed by atoms with Gasteiger partial charge in [0.1, 0.15) is 0 Å². The molecule has 0 radical (unpaired) electrons. The third kappa shape index (κ3) is 3.93. The van der Waals surface area contributed by atoms with Crippen molar-refractivity contribution in [3.05, 3.63) is 34.9 Å². The van der Waals surface area contributed by atoms with Gasteiger partial charge in [-0.05, 0) is 31.5 Å². The Morgan fingerprint density at radius 2 is 2.20 bits per heavy atom. The molecule has 1 aromatic carbocycles. The Balaban J connectivity index is 2.13. The Hall–Kier alpha value is -0.660. The Kier molecular flexibility index (Phi) is 5.04. The number of nitrogens with zero attached hydrogens (tertiary/aromatic N) is 1. The topological polar surface area (TPSA) is 58.6 Å². The molecule has 1 saturated heterocycles. The minimum Gasteiger partial charge on any atom is -0.371 e. The van der Waals surface area contributed by atoms with Gasteiger partial charge >= 0.3 is 0 Å². The van der Waals surface area contributed by atoms with Crippen molar-refractivity contribution in [2.75, 3.05) is 19.7 Å². The fourth-order valence-electron chi connectivity index (χ4n) is 2.12. The summed E-state index contributed by atoms with van der Waals surface area (Å²) in [5, 5.41) is 0.617. The summed E-state index contributed by atoms with van der Waals surface area (Å²) in [7, 11) is -3.46. The molecule has 0 amide bonds. The Labute approximate surface area is 125 Å². The first-order chi connectivity index (χ1) is 9.38. The van der Waals surface area contributed by atoms with Crippen molar-refractivity contribution in [3.8, 4) is 0 Å². The maximum Gasteiger partial charge on any atom is 0.279 e. The molecule has 1 atom stereocenters. The molecular formula is C13H19ClN2O3S. The van der Waals surface area contributed by atoms with Crippen LogP contribution in [-0.4, -0.2) is 38.5 Å². The minimum absolute atomic E-state index is 0.132. The lowest BCUT2D eigenvalue weighted by Crippen LogP contribution is -2.49. The second kappa shape index (κ2) is 6.41. The zero-order valence-electron chi connectivity index (χ0n) is 11.5. The predicted octanol–water partition coefficient (Wildman–Crippen LogP) is 1.96. The molecule has 0 aliphatic carbocycles. The first-order valence-electron chi connectivity index (χ1n) is 6.53. The van der Waals surface area contributed by atoms with Crippen molar-refractivity contribution in [3.63, 3.8) is 0 Å². The highest BCUT2D eigenvalue weighted by molar-refractivity contribution is 7.87. The van der Waals surface area contributed by atoms with Gasteiger partial charge in [0.2, 0.25) is 0 Å². The van der Waals surface area contributed by atoms with Crippen LogP contribution in [0.5, 0.6) is 0 Å². The van der Waals surface area contributed by atoms with Gasteiger partial charge in [-0.1, -0.05) is 23.7 Å². The first kappa shape index (κ1) is 15.7. The van der Waals surface area contributed by atoms with Gasteiger partial charge in [0.05, 0.1) is 12.7 Å². The van der Waals surface area contributed by atoms with E-state index in [1.54, 1.807) is 26.0 Å². The fourth-order valence-corrected chi connectivity index (χ4v) is 3.71. The number of ether oxygens (including phenoxy) is 1. The van der Waals surface area contributed by atoms with Crippen molar-refractivity contribution in [2.24, 2.45) is 0 Å². The molecule has 0 saturated carbocycles. The third-order valence-electron chi connectivity index (χ3n) is 2.97. The Morgan fingerprint density at radius 3 is 2.85 bits per heavy atom. The zero-order valence-corrected chi connectivity index (χ0v) is 13.1. The second-order valence-corrected chi connectivity index (χ2v) is 7.19. The van der Waals surface area contributed by atoms with E-state index in [0.717, 1.165) is 5.56 Å². The molecule has 0 spiro atoms. The largest absolute Gasteiger partial charge is 0.371 e. The van der Waals surface area contributed by atoms with Crippen LogP contribution in [0.15, 0.2) is 24.3 Å². The molecule has 0 bridgehead atoms. The van der Waals surface area contributed by atoms with Crippen molar-refractivity contribution < 1.29 is 13.2 Å². The van der Waals surface area contributed by atoms with Gasteiger partial charge in [-0.3, -0.25) is 0 Å². The lowest BCUT2D eigenvalue weighted by molar-refractivity contribution is -0.00298. The number of benzene rings is 1. The fraction of sp³-hybridized carbons (Fsp3) is 0.538. The summed E-state index contributed by atoms with van der Waals surface area (Å²) >= 11 is 5.96. The maximum absolute atomic E-state index is 12.2. The summed E-state index contributed by atoms with van der Waals surface area (Å²) in [5.41, 5.74) is 0.891. The highest BCUT2D eigenvalue weighted by atomic mass is 35.5. The number of halogens is 1. The van der Waals surface area contributed by atoms with Crippen LogP contribution in [0.25, 0.3) is 0 Å². The smallest absolute Gasteiger partial charge is 0.279 e. The molecular weight excluding hydrogens is 300 g/mol. The van der Waals surface area contributed by atoms with E-state index < -0.39 is 10.2 Å². The average Bonchev–Trinajstić information content (AvgIpc) is 2.37. The molecule has 2 rings (SSSR count). The van der Waals surface area contributed by atoms with Gasteiger partial charge in [-0.2, -0.15) is 17.4 Å². The molecule has 20 heavy (non-hydrogen) atoms. The van der Waals surface area contributed by atoms with Gasteiger partial charge < -0.3 is 4.74 Å². The normalized spacial score (nSPS) is 21.3. The van der Waals surface area contributed by atoms with E-state index in [1.807, 2.05) is 12.1 Å². The van der Waals surface area contributed by atoms with Crippen LogP contribution < -0.4 is 4.72 Å². The molecule has 112 valence electrons. The molecule has 1 aromatic rings. The average molecular weight is 319 g/mol. The van der Waals surface area contributed by atoms with Gasteiger partial charge in [0, 0.05) is 24.2 Å². The number of hydrogen-bond acceptors (Lipinski definition) is 3. The van der Waals surface area contributed by atoms with Crippen molar-refractivity contribution in [1.29, 1.82) is 0 Å². The maximum atomic E-state index is 12.2. The highest BCUT2D eigenvalue weighted by Gasteiger charge is 2.30. The molecule has 1 unspecified atom stereocenters. The van der Waals surface area contributed by atoms with Crippen molar-refractivity contribution in [2.45, 2.75) is 26.0 Å². The van der Waals surface area contributed by atoms with Crippen LogP contribution in [0.4, 0.5) is 0 Å². The monoisotopic (exact) mass is 318 g/mol. The Morgan fingerprint density at radius 1 is 1.45 bits per heavy atom. The minimum atomic E-state index is -3.46. The van der Waals surface area contributed by atoms with Gasteiger partial charge in [0.15, 0.2) is 0 Å². The van der Waals surface area contributed by atoms with Crippen LogP contribution in [-0.2, 0) is 14.9 Å². The third-order valence-corrected chi connectivity index (χ3v) is 4.99. The molecule has 0 aromatic heterocycles. The number of rotatable bonds is 4. The summed E-state index contributed by atoms with van der Waals surface area (Å²) in [6, 6.07) is 7.18. The molecule has 7 heteroatoms. The van der Waals surface area contributed by atoms with Crippen LogP contribution in [0.3, 0.4) is 0 Å². The number of nitrogens with one attached hydrogen (secondary N) is 1. The predicted molar refractivity (Wildman–Crippen MR) is 78.9 cm³/mol. The van der Waals surface area contributed by atoms with Crippen LogP contribution in [0.1, 0.15) is 25.5 Å². The van der Waals surface area contributed by atoms with Gasteiger partial charge in [-0.25, -0.2) is 0 Å². The summed E-state index contributed by atoms with van der Waals surface area (Å²) in [6.45, 7) is 4.62. The van der Waals surface area contributed by atoms with E-state index in [4.69, 9.17) is 16.3 Å². The van der Waals surface area contributed by atoms with Gasteiger partial charge in [0.25, 0.3) is 10.2 Å². The van der Waals surface area contributed by atoms with Crippen molar-refractivity contribution >= 4 is 21.8 Å². The van der Waals surface area contributed by atoms with E-state index in [0.29, 0.717) is 24.7 Å². The summed E-state index contributed by atoms with van der Waals surface area (Å²) in [5.74, 6) is 0. The lowest BCUT2D eigenvalue weighted by atomic mass is 10.1. The molecule has 1 N–H and O–H groups in total. The molecule has 1 aliphatic heterocycles. The number of hydrogen-bond donors (Lipinski definition) is 1.